The zero-order valence-corrected chi connectivity index (χ0v) is 13.8. The fraction of sp³-hybridized carbons (Fsp3) is 0.316. The van der Waals surface area contributed by atoms with E-state index in [1.165, 1.54) is 5.56 Å². The number of ether oxygens (including phenoxy) is 2. The molecule has 1 aliphatic heterocycles. The van der Waals surface area contributed by atoms with Gasteiger partial charge < -0.3 is 14.8 Å². The van der Waals surface area contributed by atoms with Crippen LogP contribution in [0, 0.1) is 6.92 Å². The van der Waals surface area contributed by atoms with Gasteiger partial charge in [0.05, 0.1) is 19.8 Å². The van der Waals surface area contributed by atoms with E-state index >= 15 is 0 Å². The predicted molar refractivity (Wildman–Crippen MR) is 93.6 cm³/mol. The Kier molecular flexibility index (Phi) is 5.46. The maximum Gasteiger partial charge on any atom is 0.238 e. The number of nitrogens with one attached hydrogen (secondary N) is 1. The number of hydrogen-bond acceptors (Lipinski definition) is 4. The molecule has 5 nitrogen and oxygen atoms in total. The third-order valence-corrected chi connectivity index (χ3v) is 3.87. The molecule has 2 aromatic rings. The normalized spacial score (nSPS) is 15.0. The van der Waals surface area contributed by atoms with E-state index in [4.69, 9.17) is 9.47 Å². The van der Waals surface area contributed by atoms with Crippen LogP contribution in [0.1, 0.15) is 5.56 Å². The minimum atomic E-state index is -0.0101. The van der Waals surface area contributed by atoms with Crippen LogP contribution in [0.5, 0.6) is 11.5 Å². The van der Waals surface area contributed by atoms with E-state index in [2.05, 4.69) is 10.2 Å². The van der Waals surface area contributed by atoms with Crippen LogP contribution in [0.25, 0.3) is 0 Å². The van der Waals surface area contributed by atoms with Crippen molar-refractivity contribution in [2.45, 2.75) is 6.92 Å². The zero-order chi connectivity index (χ0) is 16.8. The summed E-state index contributed by atoms with van der Waals surface area (Å²) in [6.45, 7) is 5.42. The summed E-state index contributed by atoms with van der Waals surface area (Å²) in [5.41, 5.74) is 1.96. The summed E-state index contributed by atoms with van der Waals surface area (Å²) in [6.07, 6.45) is 0. The second-order valence-corrected chi connectivity index (χ2v) is 5.88. The molecule has 1 fully saturated rings. The van der Waals surface area contributed by atoms with Crippen LogP contribution in [-0.4, -0.2) is 43.7 Å². The lowest BCUT2D eigenvalue weighted by Gasteiger charge is -2.25. The third-order valence-electron chi connectivity index (χ3n) is 3.87. The van der Waals surface area contributed by atoms with Crippen molar-refractivity contribution in [2.75, 3.05) is 38.2 Å². The average molecular weight is 326 g/mol. The number of amides is 1. The molecule has 1 amide bonds. The summed E-state index contributed by atoms with van der Waals surface area (Å²) in [5.74, 6) is 1.53. The Bertz CT molecular complexity index is 662. The van der Waals surface area contributed by atoms with Gasteiger partial charge in [0.1, 0.15) is 11.5 Å². The molecule has 0 saturated carbocycles. The summed E-state index contributed by atoms with van der Waals surface area (Å²) in [6, 6.07) is 15.3. The van der Waals surface area contributed by atoms with Crippen molar-refractivity contribution >= 4 is 11.6 Å². The van der Waals surface area contributed by atoms with Crippen molar-refractivity contribution in [3.63, 3.8) is 0 Å². The van der Waals surface area contributed by atoms with Crippen molar-refractivity contribution in [1.82, 2.24) is 4.90 Å². The fourth-order valence-corrected chi connectivity index (χ4v) is 2.51. The fourth-order valence-electron chi connectivity index (χ4n) is 2.51. The topological polar surface area (TPSA) is 50.8 Å². The van der Waals surface area contributed by atoms with Gasteiger partial charge >= 0.3 is 0 Å². The molecular formula is C19H22N2O3. The second-order valence-electron chi connectivity index (χ2n) is 5.88. The first kappa shape index (κ1) is 16.5. The van der Waals surface area contributed by atoms with Gasteiger partial charge in [0.15, 0.2) is 0 Å². The number of anilines is 1. The molecule has 24 heavy (non-hydrogen) atoms. The van der Waals surface area contributed by atoms with Gasteiger partial charge in [0, 0.05) is 18.8 Å². The lowest BCUT2D eigenvalue weighted by molar-refractivity contribution is -0.118. The predicted octanol–water partition coefficient (Wildman–Crippen LogP) is 3.06. The molecule has 0 unspecified atom stereocenters. The molecule has 2 aromatic carbocycles. The highest BCUT2D eigenvalue weighted by Gasteiger charge is 2.14. The van der Waals surface area contributed by atoms with Crippen LogP contribution in [0.4, 0.5) is 5.69 Å². The maximum absolute atomic E-state index is 12.1. The number of nitrogens with zero attached hydrogens (tertiary/aromatic N) is 1. The molecule has 0 radical (unpaired) electrons. The van der Waals surface area contributed by atoms with Crippen LogP contribution >= 0.6 is 0 Å². The first-order valence-electron chi connectivity index (χ1n) is 8.13. The van der Waals surface area contributed by atoms with E-state index in [1.807, 2.05) is 55.5 Å². The number of carbonyl (C=O) groups is 1. The van der Waals surface area contributed by atoms with E-state index in [-0.39, 0.29) is 5.91 Å². The highest BCUT2D eigenvalue weighted by molar-refractivity contribution is 5.92. The van der Waals surface area contributed by atoms with Gasteiger partial charge in [-0.2, -0.15) is 0 Å². The van der Waals surface area contributed by atoms with Gasteiger partial charge in [0.2, 0.25) is 5.91 Å². The van der Waals surface area contributed by atoms with E-state index in [9.17, 15) is 4.79 Å². The first-order valence-corrected chi connectivity index (χ1v) is 8.13. The lowest BCUT2D eigenvalue weighted by atomic mass is 10.2. The van der Waals surface area contributed by atoms with Crippen LogP contribution in [0.2, 0.25) is 0 Å². The van der Waals surface area contributed by atoms with E-state index in [0.29, 0.717) is 19.8 Å². The zero-order valence-electron chi connectivity index (χ0n) is 13.8. The summed E-state index contributed by atoms with van der Waals surface area (Å²) < 4.78 is 11.1. The Morgan fingerprint density at radius 2 is 1.62 bits per heavy atom. The molecule has 1 aliphatic rings. The largest absolute Gasteiger partial charge is 0.457 e. The van der Waals surface area contributed by atoms with Gasteiger partial charge in [-0.3, -0.25) is 9.69 Å². The van der Waals surface area contributed by atoms with Crippen LogP contribution in [0.15, 0.2) is 48.5 Å². The van der Waals surface area contributed by atoms with E-state index in [0.717, 1.165) is 30.3 Å². The molecule has 0 atom stereocenters. The molecule has 126 valence electrons. The first-order chi connectivity index (χ1) is 11.7. The van der Waals surface area contributed by atoms with Crippen molar-refractivity contribution < 1.29 is 14.3 Å². The number of hydrogen-bond donors (Lipinski definition) is 1. The summed E-state index contributed by atoms with van der Waals surface area (Å²) >= 11 is 0. The highest BCUT2D eigenvalue weighted by atomic mass is 16.5. The van der Waals surface area contributed by atoms with Crippen LogP contribution < -0.4 is 10.1 Å². The van der Waals surface area contributed by atoms with Crippen molar-refractivity contribution in [1.29, 1.82) is 0 Å². The van der Waals surface area contributed by atoms with E-state index in [1.54, 1.807) is 0 Å². The van der Waals surface area contributed by atoms with Gasteiger partial charge in [-0.15, -0.1) is 0 Å². The van der Waals surface area contributed by atoms with E-state index < -0.39 is 0 Å². The number of carbonyl (C=O) groups excluding carboxylic acids is 1. The number of rotatable bonds is 5. The molecule has 0 aliphatic carbocycles. The maximum atomic E-state index is 12.1. The Morgan fingerprint density at radius 3 is 2.25 bits per heavy atom. The molecule has 5 heteroatoms. The summed E-state index contributed by atoms with van der Waals surface area (Å²) in [4.78, 5) is 14.2. The highest BCUT2D eigenvalue weighted by Crippen LogP contribution is 2.23. The Morgan fingerprint density at radius 1 is 1.04 bits per heavy atom. The average Bonchev–Trinajstić information content (AvgIpc) is 2.59. The van der Waals surface area contributed by atoms with Gasteiger partial charge in [-0.25, -0.2) is 0 Å². The van der Waals surface area contributed by atoms with Crippen molar-refractivity contribution in [3.8, 4) is 11.5 Å². The minimum absolute atomic E-state index is 0.0101. The number of morpholine rings is 1. The quantitative estimate of drug-likeness (QED) is 0.917. The SMILES string of the molecule is Cc1ccc(Oc2ccc(NC(=O)CN3CCOCC3)cc2)cc1. The lowest BCUT2D eigenvalue weighted by Crippen LogP contribution is -2.41. The van der Waals surface area contributed by atoms with Crippen LogP contribution in [-0.2, 0) is 9.53 Å². The summed E-state index contributed by atoms with van der Waals surface area (Å²) in [7, 11) is 0. The number of benzene rings is 2. The molecule has 0 spiro atoms. The standard InChI is InChI=1S/C19H22N2O3/c1-15-2-6-17(7-3-15)24-18-8-4-16(5-9-18)20-19(22)14-21-10-12-23-13-11-21/h2-9H,10-14H2,1H3,(H,20,22). The van der Waals surface area contributed by atoms with Crippen LogP contribution in [0.3, 0.4) is 0 Å². The Labute approximate surface area is 142 Å². The van der Waals surface area contributed by atoms with Gasteiger partial charge in [-0.05, 0) is 43.3 Å². The smallest absolute Gasteiger partial charge is 0.238 e. The Hall–Kier alpha value is -2.37. The molecule has 1 N–H and O–H groups in total. The van der Waals surface area contributed by atoms with Gasteiger partial charge in [-0.1, -0.05) is 17.7 Å². The molecule has 0 bridgehead atoms. The molecule has 3 rings (SSSR count). The van der Waals surface area contributed by atoms with Gasteiger partial charge in [0.25, 0.3) is 0 Å². The Balaban J connectivity index is 1.52. The molecule has 1 saturated heterocycles. The molecular weight excluding hydrogens is 304 g/mol. The van der Waals surface area contributed by atoms with Crippen molar-refractivity contribution in [2.24, 2.45) is 0 Å². The monoisotopic (exact) mass is 326 g/mol. The minimum Gasteiger partial charge on any atom is -0.457 e. The summed E-state index contributed by atoms with van der Waals surface area (Å²) in [5, 5.41) is 2.91. The second kappa shape index (κ2) is 7.95. The number of aryl methyl sites for hydroxylation is 1. The molecule has 1 heterocycles. The van der Waals surface area contributed by atoms with Crippen molar-refractivity contribution in [3.05, 3.63) is 54.1 Å². The molecule has 0 aromatic heterocycles. The third kappa shape index (κ3) is 4.81.